The smallest absolute Gasteiger partial charge is 0.321 e. The molecule has 0 aromatic heterocycles. The summed E-state index contributed by atoms with van der Waals surface area (Å²) in [5.41, 5.74) is -0.540. The van der Waals surface area contributed by atoms with Crippen LogP contribution in [-0.4, -0.2) is 28.0 Å². The molecule has 1 unspecified atom stereocenters. The van der Waals surface area contributed by atoms with Crippen LogP contribution in [0.4, 0.5) is 0 Å². The number of carboxylic acids is 1. The number of ether oxygens (including phenoxy) is 1. The summed E-state index contributed by atoms with van der Waals surface area (Å²) in [5.74, 6) is -1.54. The molecule has 0 spiro atoms. The minimum atomic E-state index is -1.12. The standard InChI is InChI=1S/C9H15ClO4/c1-9(2,3)14-7(11)5-4-6(10)8(12)13/h6H,4-5H2,1-3H3,(H,12,13). The summed E-state index contributed by atoms with van der Waals surface area (Å²) < 4.78 is 4.98. The molecule has 0 aromatic rings. The Morgan fingerprint density at radius 3 is 2.29 bits per heavy atom. The average Bonchev–Trinajstić information content (AvgIpc) is 1.96. The van der Waals surface area contributed by atoms with Crippen molar-refractivity contribution in [3.05, 3.63) is 0 Å². The number of hydrogen-bond acceptors (Lipinski definition) is 3. The zero-order chi connectivity index (χ0) is 11.4. The van der Waals surface area contributed by atoms with Gasteiger partial charge in [-0.2, -0.15) is 0 Å². The van der Waals surface area contributed by atoms with Crippen LogP contribution in [0.1, 0.15) is 33.6 Å². The molecular weight excluding hydrogens is 208 g/mol. The molecule has 0 rings (SSSR count). The second kappa shape index (κ2) is 5.20. The Morgan fingerprint density at radius 2 is 1.93 bits per heavy atom. The third kappa shape index (κ3) is 6.71. The Bertz CT molecular complexity index is 219. The van der Waals surface area contributed by atoms with E-state index in [1.807, 2.05) is 0 Å². The van der Waals surface area contributed by atoms with E-state index in [2.05, 4.69) is 0 Å². The van der Waals surface area contributed by atoms with Crippen LogP contribution >= 0.6 is 11.6 Å². The Morgan fingerprint density at radius 1 is 1.43 bits per heavy atom. The molecule has 0 radical (unpaired) electrons. The minimum absolute atomic E-state index is 0.0255. The van der Waals surface area contributed by atoms with Crippen molar-refractivity contribution >= 4 is 23.5 Å². The van der Waals surface area contributed by atoms with Gasteiger partial charge in [0.1, 0.15) is 11.0 Å². The van der Waals surface area contributed by atoms with Gasteiger partial charge in [-0.05, 0) is 27.2 Å². The number of aliphatic carboxylic acids is 1. The van der Waals surface area contributed by atoms with Gasteiger partial charge in [0.05, 0.1) is 0 Å². The van der Waals surface area contributed by atoms with Crippen LogP contribution < -0.4 is 0 Å². The maximum Gasteiger partial charge on any atom is 0.321 e. The lowest BCUT2D eigenvalue weighted by molar-refractivity contribution is -0.154. The fraction of sp³-hybridized carbons (Fsp3) is 0.778. The second-order valence-electron chi connectivity index (χ2n) is 3.93. The number of hydrogen-bond donors (Lipinski definition) is 1. The van der Waals surface area contributed by atoms with Crippen LogP contribution in [-0.2, 0) is 14.3 Å². The van der Waals surface area contributed by atoms with Crippen LogP contribution in [0.5, 0.6) is 0 Å². The molecule has 0 bridgehead atoms. The Hall–Kier alpha value is -0.770. The molecule has 14 heavy (non-hydrogen) atoms. The van der Waals surface area contributed by atoms with E-state index in [0.717, 1.165) is 0 Å². The lowest BCUT2D eigenvalue weighted by atomic mass is 10.2. The lowest BCUT2D eigenvalue weighted by Gasteiger charge is -2.19. The van der Waals surface area contributed by atoms with Gasteiger partial charge in [0, 0.05) is 6.42 Å². The van der Waals surface area contributed by atoms with Gasteiger partial charge in [-0.25, -0.2) is 0 Å². The van der Waals surface area contributed by atoms with E-state index < -0.39 is 22.9 Å². The second-order valence-corrected chi connectivity index (χ2v) is 4.46. The summed E-state index contributed by atoms with van der Waals surface area (Å²) in [5, 5.41) is 7.42. The third-order valence-corrected chi connectivity index (χ3v) is 1.69. The van der Waals surface area contributed by atoms with Crippen LogP contribution in [0.25, 0.3) is 0 Å². The molecule has 0 aliphatic heterocycles. The molecule has 0 amide bonds. The molecule has 0 aliphatic carbocycles. The van der Waals surface area contributed by atoms with Crippen molar-refractivity contribution < 1.29 is 19.4 Å². The van der Waals surface area contributed by atoms with E-state index in [1.54, 1.807) is 20.8 Å². The van der Waals surface area contributed by atoms with E-state index >= 15 is 0 Å². The van der Waals surface area contributed by atoms with E-state index in [-0.39, 0.29) is 12.8 Å². The summed E-state index contributed by atoms with van der Waals surface area (Å²) in [6.45, 7) is 5.25. The van der Waals surface area contributed by atoms with Crippen LogP contribution in [0.2, 0.25) is 0 Å². The topological polar surface area (TPSA) is 63.6 Å². The largest absolute Gasteiger partial charge is 0.480 e. The zero-order valence-corrected chi connectivity index (χ0v) is 9.30. The number of carbonyl (C=O) groups excluding carboxylic acids is 1. The maximum atomic E-state index is 11.1. The van der Waals surface area contributed by atoms with Gasteiger partial charge < -0.3 is 9.84 Å². The molecule has 0 fully saturated rings. The van der Waals surface area contributed by atoms with Gasteiger partial charge in [0.25, 0.3) is 0 Å². The van der Waals surface area contributed by atoms with Gasteiger partial charge in [-0.3, -0.25) is 9.59 Å². The first-order valence-corrected chi connectivity index (χ1v) is 4.75. The van der Waals surface area contributed by atoms with Crippen molar-refractivity contribution in [2.75, 3.05) is 0 Å². The highest BCUT2D eigenvalue weighted by atomic mass is 35.5. The highest BCUT2D eigenvalue weighted by molar-refractivity contribution is 6.29. The number of alkyl halides is 1. The molecule has 4 nitrogen and oxygen atoms in total. The van der Waals surface area contributed by atoms with Crippen molar-refractivity contribution in [3.63, 3.8) is 0 Å². The summed E-state index contributed by atoms with van der Waals surface area (Å²) in [4.78, 5) is 21.4. The monoisotopic (exact) mass is 222 g/mol. The summed E-state index contributed by atoms with van der Waals surface area (Å²) >= 11 is 5.42. The van der Waals surface area contributed by atoms with E-state index in [1.165, 1.54) is 0 Å². The predicted molar refractivity (Wildman–Crippen MR) is 52.4 cm³/mol. The van der Waals surface area contributed by atoms with E-state index in [4.69, 9.17) is 21.4 Å². The first-order valence-electron chi connectivity index (χ1n) is 4.31. The summed E-state index contributed by atoms with van der Waals surface area (Å²) in [6, 6.07) is 0. The normalized spacial score (nSPS) is 13.4. The average molecular weight is 223 g/mol. The Balaban J connectivity index is 3.81. The van der Waals surface area contributed by atoms with Crippen molar-refractivity contribution in [3.8, 4) is 0 Å². The molecule has 0 aromatic carbocycles. The van der Waals surface area contributed by atoms with Crippen molar-refractivity contribution in [2.24, 2.45) is 0 Å². The van der Waals surface area contributed by atoms with Crippen LogP contribution in [0.3, 0.4) is 0 Å². The number of carboxylic acid groups (broad SMARTS) is 1. The predicted octanol–water partition coefficient (Wildman–Crippen LogP) is 1.80. The first kappa shape index (κ1) is 13.2. The summed E-state index contributed by atoms with van der Waals surface area (Å²) in [7, 11) is 0. The van der Waals surface area contributed by atoms with Gasteiger partial charge in [-0.15, -0.1) is 11.6 Å². The molecule has 5 heteroatoms. The van der Waals surface area contributed by atoms with E-state index in [0.29, 0.717) is 0 Å². The number of esters is 1. The third-order valence-electron chi connectivity index (χ3n) is 1.29. The van der Waals surface area contributed by atoms with Gasteiger partial charge >= 0.3 is 11.9 Å². The SMILES string of the molecule is CC(C)(C)OC(=O)CCC(Cl)C(=O)O. The van der Waals surface area contributed by atoms with E-state index in [9.17, 15) is 9.59 Å². The van der Waals surface area contributed by atoms with Gasteiger partial charge in [0.2, 0.25) is 0 Å². The molecule has 82 valence electrons. The van der Waals surface area contributed by atoms with Crippen molar-refractivity contribution in [1.82, 2.24) is 0 Å². The van der Waals surface area contributed by atoms with Crippen LogP contribution in [0.15, 0.2) is 0 Å². The molecule has 1 N–H and O–H groups in total. The molecule has 0 heterocycles. The highest BCUT2D eigenvalue weighted by Crippen LogP contribution is 2.11. The highest BCUT2D eigenvalue weighted by Gasteiger charge is 2.19. The molecule has 1 atom stereocenters. The van der Waals surface area contributed by atoms with Gasteiger partial charge in [-0.1, -0.05) is 0 Å². The number of carbonyl (C=O) groups is 2. The van der Waals surface area contributed by atoms with Crippen LogP contribution in [0, 0.1) is 0 Å². The fourth-order valence-corrected chi connectivity index (χ4v) is 0.870. The molecule has 0 aliphatic rings. The lowest BCUT2D eigenvalue weighted by Crippen LogP contribution is -2.25. The maximum absolute atomic E-state index is 11.1. The fourth-order valence-electron chi connectivity index (χ4n) is 0.761. The van der Waals surface area contributed by atoms with Crippen molar-refractivity contribution in [2.45, 2.75) is 44.6 Å². The number of rotatable bonds is 4. The van der Waals surface area contributed by atoms with Gasteiger partial charge in [0.15, 0.2) is 0 Å². The molecular formula is C9H15ClO4. The Kier molecular flexibility index (Phi) is 4.91. The van der Waals surface area contributed by atoms with Crippen molar-refractivity contribution in [1.29, 1.82) is 0 Å². The molecule has 0 saturated carbocycles. The Labute approximate surface area is 88.2 Å². The quantitative estimate of drug-likeness (QED) is 0.582. The zero-order valence-electron chi connectivity index (χ0n) is 8.54. The summed E-state index contributed by atoms with van der Waals surface area (Å²) in [6.07, 6.45) is 0.115. The number of halogens is 1. The minimum Gasteiger partial charge on any atom is -0.480 e. The first-order chi connectivity index (χ1) is 6.22. The molecule has 0 saturated heterocycles.